The van der Waals surface area contributed by atoms with Crippen molar-refractivity contribution in [1.29, 1.82) is 0 Å². The molecule has 2 heteroatoms. The van der Waals surface area contributed by atoms with Crippen molar-refractivity contribution in [3.8, 4) is 5.75 Å². The quantitative estimate of drug-likeness (QED) is 0.618. The van der Waals surface area contributed by atoms with Crippen molar-refractivity contribution in [3.05, 3.63) is 64.7 Å². The summed E-state index contributed by atoms with van der Waals surface area (Å²) in [5.74, 6) is -0.0660. The predicted molar refractivity (Wildman–Crippen MR) is 89.2 cm³/mol. The number of phenolic OH excluding ortho intramolecular Hbond substituents is 1. The number of rotatable bonds is 0. The standard InChI is InChI=1S/C20H12O2/c21-16-9-7-14-12-5-1-3-11-4-2-6-13(18(11)12)15-8-10-17(22)20(16)19(14)15/h1-3,5-10,21H,4H2. The molecule has 0 spiro atoms. The highest BCUT2D eigenvalue weighted by molar-refractivity contribution is 6.27. The minimum Gasteiger partial charge on any atom is -0.507 e. The van der Waals surface area contributed by atoms with Gasteiger partial charge in [-0.05, 0) is 57.5 Å². The Morgan fingerprint density at radius 2 is 1.68 bits per heavy atom. The van der Waals surface area contributed by atoms with Gasteiger partial charge < -0.3 is 5.11 Å². The molecule has 2 nitrogen and oxygen atoms in total. The van der Waals surface area contributed by atoms with Crippen molar-refractivity contribution in [2.24, 2.45) is 0 Å². The number of carbonyl (C=O) groups is 1. The Morgan fingerprint density at radius 3 is 2.59 bits per heavy atom. The van der Waals surface area contributed by atoms with Gasteiger partial charge in [0.15, 0.2) is 5.78 Å². The average Bonchev–Trinajstić information content (AvgIpc) is 2.54. The number of fused-ring (bicyclic) bond motifs is 2. The van der Waals surface area contributed by atoms with Gasteiger partial charge in [0.1, 0.15) is 5.75 Å². The van der Waals surface area contributed by atoms with Crippen molar-refractivity contribution in [3.63, 3.8) is 0 Å². The molecule has 2 aliphatic rings. The van der Waals surface area contributed by atoms with Gasteiger partial charge in [0.25, 0.3) is 0 Å². The molecular formula is C20H12O2. The van der Waals surface area contributed by atoms with Crippen LogP contribution in [0.1, 0.15) is 27.0 Å². The molecule has 104 valence electrons. The summed E-state index contributed by atoms with van der Waals surface area (Å²) < 4.78 is 0. The number of aromatic hydroxyl groups is 1. The second kappa shape index (κ2) is 3.86. The van der Waals surface area contributed by atoms with Gasteiger partial charge in [0.05, 0.1) is 5.56 Å². The normalized spacial score (nSPS) is 15.0. The van der Waals surface area contributed by atoms with E-state index in [9.17, 15) is 9.90 Å². The Morgan fingerprint density at radius 1 is 0.864 bits per heavy atom. The van der Waals surface area contributed by atoms with Crippen LogP contribution in [0, 0.1) is 0 Å². The molecule has 2 aliphatic carbocycles. The van der Waals surface area contributed by atoms with E-state index in [1.807, 2.05) is 12.1 Å². The number of hydrogen-bond acceptors (Lipinski definition) is 2. The van der Waals surface area contributed by atoms with Gasteiger partial charge >= 0.3 is 0 Å². The van der Waals surface area contributed by atoms with E-state index in [0.717, 1.165) is 33.7 Å². The van der Waals surface area contributed by atoms with Crippen LogP contribution in [0.3, 0.4) is 0 Å². The first-order valence-corrected chi connectivity index (χ1v) is 7.38. The maximum atomic E-state index is 12.2. The van der Waals surface area contributed by atoms with E-state index >= 15 is 0 Å². The van der Waals surface area contributed by atoms with Crippen LogP contribution in [0.5, 0.6) is 5.75 Å². The smallest absolute Gasteiger partial charge is 0.190 e. The van der Waals surface area contributed by atoms with Crippen molar-refractivity contribution in [2.45, 2.75) is 6.42 Å². The molecule has 5 rings (SSSR count). The molecule has 0 aliphatic heterocycles. The lowest BCUT2D eigenvalue weighted by Gasteiger charge is -2.22. The molecule has 0 saturated carbocycles. The van der Waals surface area contributed by atoms with Crippen molar-refractivity contribution >= 4 is 39.5 Å². The number of benzene rings is 3. The molecule has 1 N–H and O–H groups in total. The predicted octanol–water partition coefficient (Wildman–Crippen LogP) is 4.48. The molecule has 0 unspecified atom stereocenters. The monoisotopic (exact) mass is 284 g/mol. The molecule has 3 aromatic rings. The van der Waals surface area contributed by atoms with E-state index in [2.05, 4.69) is 30.4 Å². The summed E-state index contributed by atoms with van der Waals surface area (Å²) in [5.41, 5.74) is 3.93. The summed E-state index contributed by atoms with van der Waals surface area (Å²) in [7, 11) is 0. The average molecular weight is 284 g/mol. The van der Waals surface area contributed by atoms with Crippen LogP contribution in [-0.4, -0.2) is 10.9 Å². The van der Waals surface area contributed by atoms with E-state index < -0.39 is 0 Å². The lowest BCUT2D eigenvalue weighted by Crippen LogP contribution is -2.05. The van der Waals surface area contributed by atoms with E-state index in [-0.39, 0.29) is 11.5 Å². The van der Waals surface area contributed by atoms with Crippen LogP contribution < -0.4 is 0 Å². The van der Waals surface area contributed by atoms with Gasteiger partial charge in [0, 0.05) is 5.39 Å². The van der Waals surface area contributed by atoms with Gasteiger partial charge in [-0.15, -0.1) is 0 Å². The Hall–Kier alpha value is -2.87. The fraction of sp³-hybridized carbons (Fsp3) is 0.0500. The molecule has 0 saturated heterocycles. The molecular weight excluding hydrogens is 272 g/mol. The van der Waals surface area contributed by atoms with E-state index in [0.29, 0.717) is 5.56 Å². The van der Waals surface area contributed by atoms with Crippen LogP contribution in [0.25, 0.3) is 33.7 Å². The highest BCUT2D eigenvalue weighted by atomic mass is 16.3. The first-order chi connectivity index (χ1) is 10.8. The number of ketones is 1. The molecule has 22 heavy (non-hydrogen) atoms. The SMILES string of the molecule is O=C1C=Cc2c3c4c(cccc4c4ccc(O)c1c24)CC=C3. The highest BCUT2D eigenvalue weighted by Gasteiger charge is 2.24. The second-order valence-electron chi connectivity index (χ2n) is 5.85. The van der Waals surface area contributed by atoms with E-state index in [4.69, 9.17) is 0 Å². The topological polar surface area (TPSA) is 37.3 Å². The summed E-state index contributed by atoms with van der Waals surface area (Å²) >= 11 is 0. The van der Waals surface area contributed by atoms with Crippen molar-refractivity contribution in [2.75, 3.05) is 0 Å². The summed E-state index contributed by atoms with van der Waals surface area (Å²) in [4.78, 5) is 12.2. The minimum absolute atomic E-state index is 0.0607. The van der Waals surface area contributed by atoms with Crippen LogP contribution in [-0.2, 0) is 6.42 Å². The molecule has 0 fully saturated rings. The summed E-state index contributed by atoms with van der Waals surface area (Å²) in [6, 6.07) is 9.88. The Labute approximate surface area is 127 Å². The molecule has 0 amide bonds. The number of allylic oxidation sites excluding steroid dienone is 2. The Balaban J connectivity index is 2.17. The number of phenols is 1. The second-order valence-corrected chi connectivity index (χ2v) is 5.85. The van der Waals surface area contributed by atoms with Crippen molar-refractivity contribution in [1.82, 2.24) is 0 Å². The highest BCUT2D eigenvalue weighted by Crippen LogP contribution is 2.43. The molecule has 0 aromatic heterocycles. The third-order valence-electron chi connectivity index (χ3n) is 4.72. The number of hydrogen-bond donors (Lipinski definition) is 1. The van der Waals surface area contributed by atoms with Gasteiger partial charge in [-0.25, -0.2) is 0 Å². The summed E-state index contributed by atoms with van der Waals surface area (Å²) in [6.45, 7) is 0. The zero-order chi connectivity index (χ0) is 14.8. The molecule has 0 atom stereocenters. The van der Waals surface area contributed by atoms with Gasteiger partial charge in [0.2, 0.25) is 0 Å². The summed E-state index contributed by atoms with van der Waals surface area (Å²) in [5, 5.41) is 14.5. The first kappa shape index (κ1) is 11.8. The van der Waals surface area contributed by atoms with Gasteiger partial charge in [-0.2, -0.15) is 0 Å². The fourth-order valence-corrected chi connectivity index (χ4v) is 3.82. The van der Waals surface area contributed by atoms with Crippen LogP contribution in [0.15, 0.2) is 42.5 Å². The molecule has 0 heterocycles. The maximum absolute atomic E-state index is 12.2. The zero-order valence-corrected chi connectivity index (χ0v) is 11.8. The van der Waals surface area contributed by atoms with Gasteiger partial charge in [-0.3, -0.25) is 4.79 Å². The fourth-order valence-electron chi connectivity index (χ4n) is 3.82. The van der Waals surface area contributed by atoms with Crippen LogP contribution in [0.4, 0.5) is 0 Å². The minimum atomic E-state index is -0.127. The molecule has 0 radical (unpaired) electrons. The Bertz CT molecular complexity index is 1070. The Kier molecular flexibility index (Phi) is 2.06. The molecule has 3 aromatic carbocycles. The molecule has 0 bridgehead atoms. The van der Waals surface area contributed by atoms with E-state index in [1.54, 1.807) is 12.1 Å². The summed E-state index contributed by atoms with van der Waals surface area (Å²) in [6.07, 6.45) is 8.68. The third-order valence-corrected chi connectivity index (χ3v) is 4.72. The van der Waals surface area contributed by atoms with Crippen LogP contribution >= 0.6 is 0 Å². The van der Waals surface area contributed by atoms with Gasteiger partial charge in [-0.1, -0.05) is 36.4 Å². The zero-order valence-electron chi connectivity index (χ0n) is 11.8. The number of carbonyl (C=O) groups excluding carboxylic acids is 1. The third kappa shape index (κ3) is 1.27. The van der Waals surface area contributed by atoms with Crippen LogP contribution in [0.2, 0.25) is 0 Å². The lowest BCUT2D eigenvalue weighted by atomic mass is 9.81. The maximum Gasteiger partial charge on any atom is 0.190 e. The van der Waals surface area contributed by atoms with Crippen molar-refractivity contribution < 1.29 is 9.90 Å². The lowest BCUT2D eigenvalue weighted by molar-refractivity contribution is 0.104. The van der Waals surface area contributed by atoms with E-state index in [1.165, 1.54) is 10.9 Å². The largest absolute Gasteiger partial charge is 0.507 e. The first-order valence-electron chi connectivity index (χ1n) is 7.38.